The number of rotatable bonds is 4. The van der Waals surface area contributed by atoms with E-state index in [-0.39, 0.29) is 42.7 Å². The van der Waals surface area contributed by atoms with Gasteiger partial charge in [-0.15, -0.1) is 0 Å². The van der Waals surface area contributed by atoms with Gasteiger partial charge in [0.15, 0.2) is 6.61 Å². The predicted octanol–water partition coefficient (Wildman–Crippen LogP) is 1.25. The Morgan fingerprint density at radius 2 is 1.79 bits per heavy atom. The first kappa shape index (κ1) is 19.0. The summed E-state index contributed by atoms with van der Waals surface area (Å²) in [5.74, 6) is -1.11. The lowest BCUT2D eigenvalue weighted by Crippen LogP contribution is -2.51. The lowest BCUT2D eigenvalue weighted by molar-refractivity contribution is -0.135. The second-order valence-corrected chi connectivity index (χ2v) is 8.07. The van der Waals surface area contributed by atoms with E-state index in [4.69, 9.17) is 27.9 Å². The van der Waals surface area contributed by atoms with Crippen LogP contribution >= 0.6 is 23.2 Å². The van der Waals surface area contributed by atoms with E-state index < -0.39 is 22.6 Å². The number of ether oxygens (including phenoxy) is 1. The van der Waals surface area contributed by atoms with Crippen molar-refractivity contribution in [3.05, 3.63) is 33.8 Å². The highest BCUT2D eigenvalue weighted by Gasteiger charge is 2.26. The molecule has 132 valence electrons. The van der Waals surface area contributed by atoms with Crippen molar-refractivity contribution in [1.29, 1.82) is 0 Å². The number of piperazine rings is 1. The summed E-state index contributed by atoms with van der Waals surface area (Å²) < 4.78 is 29.1. The van der Waals surface area contributed by atoms with Gasteiger partial charge in [-0.05, 0) is 18.2 Å². The fourth-order valence-corrected chi connectivity index (χ4v) is 3.53. The molecule has 1 aromatic carbocycles. The molecule has 0 N–H and O–H groups in total. The summed E-state index contributed by atoms with van der Waals surface area (Å²) in [6.07, 6.45) is 1.13. The molecule has 0 aliphatic carbocycles. The summed E-state index contributed by atoms with van der Waals surface area (Å²) in [6.45, 7) is 0.524. The Labute approximate surface area is 150 Å². The Kier molecular flexibility index (Phi) is 6.08. The minimum atomic E-state index is -3.26. The van der Waals surface area contributed by atoms with Crippen LogP contribution in [0.1, 0.15) is 10.4 Å². The molecule has 0 atom stereocenters. The standard InChI is InChI=1S/C14H16Cl2N2O5S/c1-24(21,22)18-6-4-17(5-7-18)13(19)9-23-14(20)11-3-2-10(15)8-12(11)16/h2-3,8H,4-7,9H2,1H3. The van der Waals surface area contributed by atoms with E-state index >= 15 is 0 Å². The first-order chi connectivity index (χ1) is 11.2. The number of amides is 1. The third kappa shape index (κ3) is 4.83. The molecule has 1 aliphatic heterocycles. The lowest BCUT2D eigenvalue weighted by atomic mass is 10.2. The normalized spacial score (nSPS) is 16.0. The van der Waals surface area contributed by atoms with Gasteiger partial charge in [-0.2, -0.15) is 4.31 Å². The van der Waals surface area contributed by atoms with Gasteiger partial charge in [-0.1, -0.05) is 23.2 Å². The number of nitrogens with zero attached hydrogens (tertiary/aromatic N) is 2. The minimum Gasteiger partial charge on any atom is -0.452 e. The molecule has 10 heteroatoms. The van der Waals surface area contributed by atoms with Gasteiger partial charge in [0, 0.05) is 31.2 Å². The lowest BCUT2D eigenvalue weighted by Gasteiger charge is -2.33. The molecule has 1 saturated heterocycles. The zero-order valence-corrected chi connectivity index (χ0v) is 15.2. The molecule has 1 heterocycles. The van der Waals surface area contributed by atoms with Gasteiger partial charge in [-0.3, -0.25) is 4.79 Å². The van der Waals surface area contributed by atoms with E-state index in [2.05, 4.69) is 0 Å². The quantitative estimate of drug-likeness (QED) is 0.717. The fraction of sp³-hybridized carbons (Fsp3) is 0.429. The Balaban J connectivity index is 1.86. The molecule has 0 radical (unpaired) electrons. The number of halogens is 2. The van der Waals surface area contributed by atoms with Gasteiger partial charge >= 0.3 is 5.97 Å². The van der Waals surface area contributed by atoms with Gasteiger partial charge in [0.05, 0.1) is 16.8 Å². The van der Waals surface area contributed by atoms with Gasteiger partial charge in [0.1, 0.15) is 0 Å². The molecule has 1 amide bonds. The maximum Gasteiger partial charge on any atom is 0.340 e. The van der Waals surface area contributed by atoms with E-state index in [1.54, 1.807) is 0 Å². The number of hydrogen-bond acceptors (Lipinski definition) is 5. The van der Waals surface area contributed by atoms with E-state index in [0.717, 1.165) is 6.26 Å². The number of esters is 1. The molecule has 2 rings (SSSR count). The van der Waals surface area contributed by atoms with Crippen LogP contribution in [0.15, 0.2) is 18.2 Å². The van der Waals surface area contributed by atoms with Crippen LogP contribution in [-0.4, -0.2) is 68.5 Å². The molecule has 0 aromatic heterocycles. The van der Waals surface area contributed by atoms with Crippen molar-refractivity contribution in [2.75, 3.05) is 39.0 Å². The zero-order valence-electron chi connectivity index (χ0n) is 12.9. The molecular formula is C14H16Cl2N2O5S. The largest absolute Gasteiger partial charge is 0.452 e. The summed E-state index contributed by atoms with van der Waals surface area (Å²) in [7, 11) is -3.26. The Hall–Kier alpha value is -1.35. The van der Waals surface area contributed by atoms with E-state index in [0.29, 0.717) is 5.02 Å². The maximum atomic E-state index is 12.1. The minimum absolute atomic E-state index is 0.121. The van der Waals surface area contributed by atoms with Crippen LogP contribution in [0.3, 0.4) is 0 Å². The highest BCUT2D eigenvalue weighted by Crippen LogP contribution is 2.21. The average molecular weight is 395 g/mol. The first-order valence-corrected chi connectivity index (χ1v) is 9.64. The summed E-state index contributed by atoms with van der Waals surface area (Å²) in [6, 6.07) is 4.32. The predicted molar refractivity (Wildman–Crippen MR) is 89.7 cm³/mol. The van der Waals surface area contributed by atoms with E-state index in [1.807, 2.05) is 0 Å². The molecule has 7 nitrogen and oxygen atoms in total. The van der Waals surface area contributed by atoms with Gasteiger partial charge in [0.25, 0.3) is 5.91 Å². The number of benzene rings is 1. The summed E-state index contributed by atoms with van der Waals surface area (Å²) in [5, 5.41) is 0.526. The van der Waals surface area contributed by atoms with Crippen molar-refractivity contribution in [2.24, 2.45) is 0 Å². The molecule has 0 spiro atoms. The van der Waals surface area contributed by atoms with Crippen molar-refractivity contribution in [3.8, 4) is 0 Å². The summed E-state index contributed by atoms with van der Waals surface area (Å²) in [4.78, 5) is 25.5. The number of hydrogen-bond donors (Lipinski definition) is 0. The molecule has 1 fully saturated rings. The van der Waals surface area contributed by atoms with Crippen LogP contribution < -0.4 is 0 Å². The van der Waals surface area contributed by atoms with Crippen LogP contribution in [0.25, 0.3) is 0 Å². The SMILES string of the molecule is CS(=O)(=O)N1CCN(C(=O)COC(=O)c2ccc(Cl)cc2Cl)CC1. The van der Waals surface area contributed by atoms with Crippen LogP contribution in [0.4, 0.5) is 0 Å². The van der Waals surface area contributed by atoms with Crippen molar-refractivity contribution >= 4 is 45.1 Å². The van der Waals surface area contributed by atoms with Crippen molar-refractivity contribution in [3.63, 3.8) is 0 Å². The second kappa shape index (κ2) is 7.69. The van der Waals surface area contributed by atoms with Gasteiger partial charge in [-0.25, -0.2) is 13.2 Å². The molecule has 0 saturated carbocycles. The van der Waals surface area contributed by atoms with Crippen LogP contribution in [0, 0.1) is 0 Å². The van der Waals surface area contributed by atoms with Crippen molar-refractivity contribution < 1.29 is 22.7 Å². The van der Waals surface area contributed by atoms with Crippen LogP contribution in [0.2, 0.25) is 10.0 Å². The smallest absolute Gasteiger partial charge is 0.340 e. The van der Waals surface area contributed by atoms with Gasteiger partial charge in [0.2, 0.25) is 10.0 Å². The number of sulfonamides is 1. The summed E-state index contributed by atoms with van der Waals surface area (Å²) in [5.41, 5.74) is 0.121. The molecular weight excluding hydrogens is 379 g/mol. The third-order valence-electron chi connectivity index (χ3n) is 3.54. The van der Waals surface area contributed by atoms with Crippen molar-refractivity contribution in [2.45, 2.75) is 0 Å². The molecule has 1 aliphatic rings. The number of carbonyl (C=O) groups excluding carboxylic acids is 2. The monoisotopic (exact) mass is 394 g/mol. The molecule has 0 unspecified atom stereocenters. The molecule has 0 bridgehead atoms. The van der Waals surface area contributed by atoms with Gasteiger partial charge < -0.3 is 9.64 Å². The molecule has 1 aromatic rings. The number of carbonyl (C=O) groups is 2. The summed E-state index contributed by atoms with van der Waals surface area (Å²) >= 11 is 11.7. The molecule has 24 heavy (non-hydrogen) atoms. The van der Waals surface area contributed by atoms with Crippen molar-refractivity contribution in [1.82, 2.24) is 9.21 Å². The maximum absolute atomic E-state index is 12.1. The topological polar surface area (TPSA) is 84.0 Å². The Morgan fingerprint density at radius 1 is 1.17 bits per heavy atom. The van der Waals surface area contributed by atoms with E-state index in [1.165, 1.54) is 27.4 Å². The Bertz CT molecular complexity index is 746. The Morgan fingerprint density at radius 3 is 2.33 bits per heavy atom. The van der Waals surface area contributed by atoms with E-state index in [9.17, 15) is 18.0 Å². The highest BCUT2D eigenvalue weighted by molar-refractivity contribution is 7.88. The first-order valence-electron chi connectivity index (χ1n) is 7.03. The third-order valence-corrected chi connectivity index (χ3v) is 5.39. The zero-order chi connectivity index (χ0) is 17.9. The fourth-order valence-electron chi connectivity index (χ4n) is 2.22. The van der Waals surface area contributed by atoms with Crippen LogP contribution in [0.5, 0.6) is 0 Å². The second-order valence-electron chi connectivity index (χ2n) is 5.24. The average Bonchev–Trinajstić information content (AvgIpc) is 2.51. The highest BCUT2D eigenvalue weighted by atomic mass is 35.5. The van der Waals surface area contributed by atoms with Crippen LogP contribution in [-0.2, 0) is 19.6 Å².